The van der Waals surface area contributed by atoms with Gasteiger partial charge in [0, 0.05) is 13.1 Å². The highest BCUT2D eigenvalue weighted by Crippen LogP contribution is 2.19. The van der Waals surface area contributed by atoms with Crippen molar-refractivity contribution in [1.82, 2.24) is 10.2 Å². The molecule has 0 heterocycles. The van der Waals surface area contributed by atoms with Crippen LogP contribution in [0.5, 0.6) is 0 Å². The van der Waals surface area contributed by atoms with Crippen molar-refractivity contribution in [3.63, 3.8) is 0 Å². The van der Waals surface area contributed by atoms with Gasteiger partial charge in [-0.3, -0.25) is 9.11 Å². The van der Waals surface area contributed by atoms with E-state index in [1.165, 1.54) is 0 Å². The van der Waals surface area contributed by atoms with Crippen LogP contribution in [0.4, 0.5) is 5.69 Å². The molecule has 0 aromatic heterocycles. The van der Waals surface area contributed by atoms with Crippen molar-refractivity contribution in [2.75, 3.05) is 32.5 Å². The maximum absolute atomic E-state index is 8.74. The third-order valence-corrected chi connectivity index (χ3v) is 2.54. The van der Waals surface area contributed by atoms with Crippen molar-refractivity contribution >= 4 is 45.0 Å². The number of benzene rings is 1. The van der Waals surface area contributed by atoms with E-state index in [-0.39, 0.29) is 0 Å². The predicted molar refractivity (Wildman–Crippen MR) is 88.4 cm³/mol. The molecule has 0 unspecified atom stereocenters. The van der Waals surface area contributed by atoms with Gasteiger partial charge in [-0.1, -0.05) is 23.7 Å². The van der Waals surface area contributed by atoms with Crippen LogP contribution in [0.25, 0.3) is 0 Å². The highest BCUT2D eigenvalue weighted by Gasteiger charge is 2.00. The van der Waals surface area contributed by atoms with E-state index in [1.807, 2.05) is 38.4 Å². The molecule has 0 saturated carbocycles. The molecule has 0 spiro atoms. The Bertz CT molecular complexity index is 544. The average molecular weight is 356 g/mol. The molecule has 0 saturated heterocycles. The van der Waals surface area contributed by atoms with Gasteiger partial charge in [0.2, 0.25) is 0 Å². The zero-order valence-corrected chi connectivity index (χ0v) is 14.0. The zero-order valence-electron chi connectivity index (χ0n) is 11.6. The Morgan fingerprint density at radius 1 is 1.33 bits per heavy atom. The second-order valence-corrected chi connectivity index (χ2v) is 5.82. The Hall–Kier alpha value is -0.970. The number of likely N-dealkylation sites (N-methyl/N-ethyl adjacent to an activating group) is 1. The number of hydrogen-bond acceptors (Lipinski definition) is 4. The van der Waals surface area contributed by atoms with Gasteiger partial charge in [0.05, 0.1) is 10.7 Å². The van der Waals surface area contributed by atoms with Gasteiger partial charge in [0.1, 0.15) is 0 Å². The molecule has 10 heteroatoms. The molecule has 1 rings (SSSR count). The summed E-state index contributed by atoms with van der Waals surface area (Å²) in [5, 5.41) is 7.42. The minimum atomic E-state index is -4.67. The smallest absolute Gasteiger partial charge is 0.361 e. The Morgan fingerprint density at radius 3 is 2.33 bits per heavy atom. The summed E-state index contributed by atoms with van der Waals surface area (Å²) >= 11 is 11.1. The maximum Gasteiger partial charge on any atom is 0.394 e. The van der Waals surface area contributed by atoms with Crippen LogP contribution < -0.4 is 10.6 Å². The maximum atomic E-state index is 8.74. The van der Waals surface area contributed by atoms with Crippen molar-refractivity contribution in [2.24, 2.45) is 0 Å². The van der Waals surface area contributed by atoms with E-state index < -0.39 is 10.4 Å². The van der Waals surface area contributed by atoms with E-state index in [0.717, 1.165) is 18.8 Å². The van der Waals surface area contributed by atoms with Crippen molar-refractivity contribution in [2.45, 2.75) is 0 Å². The summed E-state index contributed by atoms with van der Waals surface area (Å²) in [4.78, 5) is 2.09. The lowest BCUT2D eigenvalue weighted by molar-refractivity contribution is 0.381. The quantitative estimate of drug-likeness (QED) is 0.476. The van der Waals surface area contributed by atoms with E-state index in [1.54, 1.807) is 0 Å². The van der Waals surface area contributed by atoms with Gasteiger partial charge in [0.25, 0.3) is 0 Å². The Morgan fingerprint density at radius 2 is 1.86 bits per heavy atom. The molecule has 0 atom stereocenters. The second kappa shape index (κ2) is 9.87. The lowest BCUT2D eigenvalue weighted by atomic mass is 10.3. The molecule has 21 heavy (non-hydrogen) atoms. The van der Waals surface area contributed by atoms with Crippen molar-refractivity contribution < 1.29 is 17.5 Å². The summed E-state index contributed by atoms with van der Waals surface area (Å²) in [6, 6.07) is 7.52. The molecule has 0 aliphatic rings. The van der Waals surface area contributed by atoms with Gasteiger partial charge in [-0.2, -0.15) is 8.42 Å². The molecular formula is C11H18ClN3O4S2. The molecular weight excluding hydrogens is 338 g/mol. The van der Waals surface area contributed by atoms with E-state index >= 15 is 0 Å². The van der Waals surface area contributed by atoms with Crippen molar-refractivity contribution in [1.29, 1.82) is 0 Å². The van der Waals surface area contributed by atoms with E-state index in [2.05, 4.69) is 15.5 Å². The predicted octanol–water partition coefficient (Wildman–Crippen LogP) is 1.54. The molecule has 7 nitrogen and oxygen atoms in total. The number of halogens is 1. The van der Waals surface area contributed by atoms with Crippen LogP contribution >= 0.6 is 23.8 Å². The number of rotatable bonds is 4. The molecule has 1 aromatic rings. The first-order chi connectivity index (χ1) is 9.59. The van der Waals surface area contributed by atoms with Crippen LogP contribution in [0, 0.1) is 0 Å². The summed E-state index contributed by atoms with van der Waals surface area (Å²) in [5.74, 6) is 0. The van der Waals surface area contributed by atoms with Crippen LogP contribution in [0.1, 0.15) is 0 Å². The molecule has 120 valence electrons. The van der Waals surface area contributed by atoms with Gasteiger partial charge < -0.3 is 15.5 Å². The fraction of sp³-hybridized carbons (Fsp3) is 0.364. The van der Waals surface area contributed by atoms with Gasteiger partial charge >= 0.3 is 10.4 Å². The molecule has 0 aliphatic carbocycles. The number of anilines is 1. The Balaban J connectivity index is 0.000000690. The van der Waals surface area contributed by atoms with Gasteiger partial charge in [-0.05, 0) is 38.4 Å². The zero-order chi connectivity index (χ0) is 16.5. The first-order valence-electron chi connectivity index (χ1n) is 5.73. The summed E-state index contributed by atoms with van der Waals surface area (Å²) in [7, 11) is -0.627. The van der Waals surface area contributed by atoms with Gasteiger partial charge in [-0.15, -0.1) is 0 Å². The summed E-state index contributed by atoms with van der Waals surface area (Å²) in [6.07, 6.45) is 0. The minimum Gasteiger partial charge on any atom is -0.361 e. The monoisotopic (exact) mass is 355 g/mol. The van der Waals surface area contributed by atoms with Crippen LogP contribution in [0.2, 0.25) is 5.02 Å². The third-order valence-electron chi connectivity index (χ3n) is 1.97. The molecule has 0 bridgehead atoms. The average Bonchev–Trinajstić information content (AvgIpc) is 2.29. The molecule has 4 N–H and O–H groups in total. The largest absolute Gasteiger partial charge is 0.394 e. The van der Waals surface area contributed by atoms with Crippen LogP contribution in [0.3, 0.4) is 0 Å². The summed E-state index contributed by atoms with van der Waals surface area (Å²) in [6.45, 7) is 1.74. The topological polar surface area (TPSA) is 102 Å². The SMILES string of the molecule is CN(C)CCNC(=S)Nc1ccccc1Cl.O=S(=O)(O)O. The molecule has 0 radical (unpaired) electrons. The first-order valence-corrected chi connectivity index (χ1v) is 7.92. The van der Waals surface area contributed by atoms with E-state index in [9.17, 15) is 0 Å². The Labute approximate surface area is 134 Å². The molecule has 0 fully saturated rings. The highest BCUT2D eigenvalue weighted by atomic mass is 35.5. The normalized spacial score (nSPS) is 10.6. The minimum absolute atomic E-state index is 0.593. The molecule has 0 aliphatic heterocycles. The van der Waals surface area contributed by atoms with Crippen LogP contribution in [-0.4, -0.2) is 54.7 Å². The lowest BCUT2D eigenvalue weighted by Gasteiger charge is -2.13. The second-order valence-electron chi connectivity index (χ2n) is 4.11. The van der Waals surface area contributed by atoms with Crippen molar-refractivity contribution in [3.8, 4) is 0 Å². The van der Waals surface area contributed by atoms with Gasteiger partial charge in [0.15, 0.2) is 5.11 Å². The fourth-order valence-corrected chi connectivity index (χ4v) is 1.52. The number of para-hydroxylation sites is 1. The molecule has 0 amide bonds. The Kier molecular flexibility index (Phi) is 9.42. The first kappa shape index (κ1) is 20.0. The highest BCUT2D eigenvalue weighted by molar-refractivity contribution is 7.80. The standard InChI is InChI=1S/C11H16ClN3S.H2O4S/c1-15(2)8-7-13-11(16)14-10-6-4-3-5-9(10)12;1-5(2,3)4/h3-6H,7-8H2,1-2H3,(H2,13,14,16);(H2,1,2,3,4). The van der Waals surface area contributed by atoms with Crippen LogP contribution in [-0.2, 0) is 10.4 Å². The lowest BCUT2D eigenvalue weighted by Crippen LogP contribution is -2.34. The van der Waals surface area contributed by atoms with E-state index in [4.69, 9.17) is 41.3 Å². The summed E-state index contributed by atoms with van der Waals surface area (Å²) in [5.41, 5.74) is 0.825. The fourth-order valence-electron chi connectivity index (χ4n) is 1.12. The third kappa shape index (κ3) is 13.8. The summed E-state index contributed by atoms with van der Waals surface area (Å²) < 4.78 is 31.6. The van der Waals surface area contributed by atoms with Crippen molar-refractivity contribution in [3.05, 3.63) is 29.3 Å². The number of nitrogens with one attached hydrogen (secondary N) is 2. The van der Waals surface area contributed by atoms with E-state index in [0.29, 0.717) is 10.1 Å². The number of hydrogen-bond donors (Lipinski definition) is 4. The van der Waals surface area contributed by atoms with Crippen LogP contribution in [0.15, 0.2) is 24.3 Å². The number of nitrogens with zero attached hydrogens (tertiary/aromatic N) is 1. The molecule has 1 aromatic carbocycles. The van der Waals surface area contributed by atoms with Gasteiger partial charge in [-0.25, -0.2) is 0 Å². The number of thiocarbonyl (C=S) groups is 1.